The van der Waals surface area contributed by atoms with E-state index < -0.39 is 11.9 Å². The van der Waals surface area contributed by atoms with Crippen molar-refractivity contribution in [2.75, 3.05) is 7.11 Å². The lowest BCUT2D eigenvalue weighted by Crippen LogP contribution is -2.12. The van der Waals surface area contributed by atoms with E-state index in [-0.39, 0.29) is 34.3 Å². The number of phenols is 2. The Labute approximate surface area is 184 Å². The normalized spacial score (nSPS) is 11.9. The maximum absolute atomic E-state index is 13.3. The predicted octanol–water partition coefficient (Wildman–Crippen LogP) is 4.87. The third-order valence-electron chi connectivity index (χ3n) is 5.56. The molecular weight excluding hydrogens is 408 g/mol. The molecule has 1 atom stereocenters. The van der Waals surface area contributed by atoms with Crippen molar-refractivity contribution >= 4 is 16.9 Å². The second kappa shape index (κ2) is 8.59. The summed E-state index contributed by atoms with van der Waals surface area (Å²) >= 11 is 0. The summed E-state index contributed by atoms with van der Waals surface area (Å²) < 4.78 is 10.8. The van der Waals surface area contributed by atoms with E-state index >= 15 is 0 Å². The average Bonchev–Trinajstić information content (AvgIpc) is 2.79. The molecule has 32 heavy (non-hydrogen) atoms. The topological polar surface area (TPSA) is 97.0 Å². The Kier molecular flexibility index (Phi) is 5.69. The van der Waals surface area contributed by atoms with E-state index in [9.17, 15) is 19.8 Å². The molecule has 0 saturated carbocycles. The SMILES string of the molecule is COC(=O)C[C@H](c1ccc(C)cc1)c1c(O)ccc2c(=O)c(-c3ccc(O)cc3)coc12. The molecule has 6 nitrogen and oxygen atoms in total. The standard InChI is InChI=1S/C26H22O6/c1-15-3-5-16(6-4-15)20(13-23(29)31-2)24-22(28)12-11-19-25(30)21(14-32-26(19)24)17-7-9-18(27)10-8-17/h3-12,14,20,27-28H,13H2,1-2H3/t20-/m1/s1. The zero-order valence-electron chi connectivity index (χ0n) is 17.7. The second-order valence-electron chi connectivity index (χ2n) is 7.64. The first kappa shape index (κ1) is 21.2. The first-order valence-electron chi connectivity index (χ1n) is 10.1. The lowest BCUT2D eigenvalue weighted by Gasteiger charge is -2.19. The molecule has 0 unspecified atom stereocenters. The molecule has 162 valence electrons. The molecule has 0 radical (unpaired) electrons. The van der Waals surface area contributed by atoms with Gasteiger partial charge < -0.3 is 19.4 Å². The Morgan fingerprint density at radius 1 is 1.00 bits per heavy atom. The van der Waals surface area contributed by atoms with E-state index in [1.807, 2.05) is 31.2 Å². The van der Waals surface area contributed by atoms with Crippen LogP contribution >= 0.6 is 0 Å². The van der Waals surface area contributed by atoms with E-state index in [1.54, 1.807) is 12.1 Å². The maximum atomic E-state index is 13.3. The minimum absolute atomic E-state index is 0.0321. The number of carbonyl (C=O) groups is 1. The van der Waals surface area contributed by atoms with E-state index in [0.717, 1.165) is 11.1 Å². The van der Waals surface area contributed by atoms with Crippen LogP contribution in [-0.2, 0) is 9.53 Å². The van der Waals surface area contributed by atoms with Gasteiger partial charge in [-0.05, 0) is 42.3 Å². The van der Waals surface area contributed by atoms with Crippen molar-refractivity contribution in [3.63, 3.8) is 0 Å². The minimum Gasteiger partial charge on any atom is -0.508 e. The van der Waals surface area contributed by atoms with Crippen LogP contribution in [0.15, 0.2) is 76.1 Å². The number of benzene rings is 3. The lowest BCUT2D eigenvalue weighted by atomic mass is 9.86. The van der Waals surface area contributed by atoms with Gasteiger partial charge in [0.05, 0.1) is 24.5 Å². The number of esters is 1. The molecule has 0 spiro atoms. The predicted molar refractivity (Wildman–Crippen MR) is 121 cm³/mol. The van der Waals surface area contributed by atoms with Crippen molar-refractivity contribution < 1.29 is 24.2 Å². The van der Waals surface area contributed by atoms with E-state index in [1.165, 1.54) is 37.6 Å². The van der Waals surface area contributed by atoms with Gasteiger partial charge in [0.2, 0.25) is 5.43 Å². The van der Waals surface area contributed by atoms with Crippen LogP contribution in [0.5, 0.6) is 11.5 Å². The summed E-state index contributed by atoms with van der Waals surface area (Å²) in [7, 11) is 1.31. The molecule has 6 heteroatoms. The second-order valence-corrected chi connectivity index (χ2v) is 7.64. The summed E-state index contributed by atoms with van der Waals surface area (Å²) in [5, 5.41) is 20.6. The Morgan fingerprint density at radius 2 is 1.69 bits per heavy atom. The number of hydrogen-bond donors (Lipinski definition) is 2. The van der Waals surface area contributed by atoms with Crippen molar-refractivity contribution in [1.82, 2.24) is 0 Å². The van der Waals surface area contributed by atoms with Crippen LogP contribution in [0.1, 0.15) is 29.0 Å². The molecule has 1 aromatic heterocycles. The molecule has 0 aliphatic rings. The number of fused-ring (bicyclic) bond motifs is 1. The van der Waals surface area contributed by atoms with E-state index in [4.69, 9.17) is 9.15 Å². The van der Waals surface area contributed by atoms with Crippen molar-refractivity contribution in [3.8, 4) is 22.6 Å². The van der Waals surface area contributed by atoms with Gasteiger partial charge in [-0.15, -0.1) is 0 Å². The van der Waals surface area contributed by atoms with Crippen LogP contribution in [-0.4, -0.2) is 23.3 Å². The summed E-state index contributed by atoms with van der Waals surface area (Å²) in [6.45, 7) is 1.96. The third-order valence-corrected chi connectivity index (χ3v) is 5.56. The summed E-state index contributed by atoms with van der Waals surface area (Å²) in [6.07, 6.45) is 1.31. The Hall–Kier alpha value is -4.06. The average molecular weight is 430 g/mol. The van der Waals surface area contributed by atoms with Gasteiger partial charge in [0.1, 0.15) is 23.3 Å². The first-order chi connectivity index (χ1) is 15.4. The molecular formula is C26H22O6. The van der Waals surface area contributed by atoms with E-state index in [0.29, 0.717) is 16.7 Å². The molecule has 2 N–H and O–H groups in total. The number of aromatic hydroxyl groups is 2. The number of rotatable bonds is 5. The highest BCUT2D eigenvalue weighted by molar-refractivity contribution is 5.87. The van der Waals surface area contributed by atoms with Gasteiger partial charge in [-0.3, -0.25) is 9.59 Å². The van der Waals surface area contributed by atoms with Crippen LogP contribution in [0.4, 0.5) is 0 Å². The molecule has 4 rings (SSSR count). The van der Waals surface area contributed by atoms with Crippen LogP contribution in [0.25, 0.3) is 22.1 Å². The van der Waals surface area contributed by atoms with Crippen LogP contribution < -0.4 is 5.43 Å². The van der Waals surface area contributed by atoms with Gasteiger partial charge >= 0.3 is 5.97 Å². The molecule has 0 amide bonds. The van der Waals surface area contributed by atoms with E-state index in [2.05, 4.69) is 0 Å². The van der Waals surface area contributed by atoms with Crippen molar-refractivity contribution in [3.05, 3.63) is 93.8 Å². The quantitative estimate of drug-likeness (QED) is 0.438. The highest BCUT2D eigenvalue weighted by Gasteiger charge is 2.26. The van der Waals surface area contributed by atoms with Gasteiger partial charge in [-0.25, -0.2) is 0 Å². The smallest absolute Gasteiger partial charge is 0.306 e. The largest absolute Gasteiger partial charge is 0.508 e. The lowest BCUT2D eigenvalue weighted by molar-refractivity contribution is -0.140. The number of ether oxygens (including phenoxy) is 1. The fraction of sp³-hybridized carbons (Fsp3) is 0.154. The van der Waals surface area contributed by atoms with Crippen molar-refractivity contribution in [2.24, 2.45) is 0 Å². The highest BCUT2D eigenvalue weighted by atomic mass is 16.5. The zero-order chi connectivity index (χ0) is 22.8. The van der Waals surface area contributed by atoms with Gasteiger partial charge in [-0.2, -0.15) is 0 Å². The summed E-state index contributed by atoms with van der Waals surface area (Å²) in [6, 6.07) is 16.8. The zero-order valence-corrected chi connectivity index (χ0v) is 17.7. The monoisotopic (exact) mass is 430 g/mol. The summed E-state index contributed by atoms with van der Waals surface area (Å²) in [5.74, 6) is -1.01. The van der Waals surface area contributed by atoms with Gasteiger partial charge in [-0.1, -0.05) is 42.0 Å². The van der Waals surface area contributed by atoms with Gasteiger partial charge in [0.15, 0.2) is 0 Å². The molecule has 1 heterocycles. The molecule has 0 bridgehead atoms. The molecule has 0 aliphatic heterocycles. The Morgan fingerprint density at radius 3 is 2.34 bits per heavy atom. The Bertz CT molecular complexity index is 1330. The summed E-state index contributed by atoms with van der Waals surface area (Å²) in [5.41, 5.74) is 3.05. The number of phenolic OH excluding ortho intramolecular Hbond substituents is 2. The first-order valence-corrected chi connectivity index (χ1v) is 10.1. The molecule has 0 saturated heterocycles. The number of hydrogen-bond acceptors (Lipinski definition) is 6. The fourth-order valence-electron chi connectivity index (χ4n) is 3.82. The molecule has 0 fully saturated rings. The third kappa shape index (κ3) is 3.95. The number of aryl methyl sites for hydroxylation is 1. The van der Waals surface area contributed by atoms with Crippen molar-refractivity contribution in [1.29, 1.82) is 0 Å². The number of carbonyl (C=O) groups excluding carboxylic acids is 1. The Balaban J connectivity index is 1.93. The fourth-order valence-corrected chi connectivity index (χ4v) is 3.82. The van der Waals surface area contributed by atoms with Crippen LogP contribution in [0.3, 0.4) is 0 Å². The molecule has 0 aliphatic carbocycles. The van der Waals surface area contributed by atoms with Gasteiger partial charge in [0, 0.05) is 11.5 Å². The van der Waals surface area contributed by atoms with Crippen LogP contribution in [0.2, 0.25) is 0 Å². The van der Waals surface area contributed by atoms with Crippen molar-refractivity contribution in [2.45, 2.75) is 19.3 Å². The molecule has 4 aromatic rings. The van der Waals surface area contributed by atoms with Gasteiger partial charge in [0.25, 0.3) is 0 Å². The maximum Gasteiger partial charge on any atom is 0.306 e. The summed E-state index contributed by atoms with van der Waals surface area (Å²) in [4.78, 5) is 25.5. The molecule has 3 aromatic carbocycles. The number of methoxy groups -OCH3 is 1. The highest BCUT2D eigenvalue weighted by Crippen LogP contribution is 2.39. The van der Waals surface area contributed by atoms with Crippen LogP contribution in [0, 0.1) is 6.92 Å². The minimum atomic E-state index is -0.575.